The van der Waals surface area contributed by atoms with Crippen LogP contribution in [0, 0.1) is 0 Å². The van der Waals surface area contributed by atoms with Crippen LogP contribution in [-0.2, 0) is 6.54 Å². The molecule has 0 saturated carbocycles. The van der Waals surface area contributed by atoms with Crippen LogP contribution in [0.3, 0.4) is 0 Å². The highest BCUT2D eigenvalue weighted by atomic mass is 32.1. The normalized spacial score (nSPS) is 10.7. The molecule has 0 bridgehead atoms. The third-order valence-electron chi connectivity index (χ3n) is 2.63. The van der Waals surface area contributed by atoms with Crippen molar-refractivity contribution in [2.24, 2.45) is 0 Å². The van der Waals surface area contributed by atoms with Crippen molar-refractivity contribution in [2.45, 2.75) is 6.54 Å². The molecule has 0 fully saturated rings. The minimum absolute atomic E-state index is 0.276. The first-order valence-electron chi connectivity index (χ1n) is 5.53. The number of fused-ring (bicyclic) bond motifs is 1. The van der Waals surface area contributed by atoms with Gasteiger partial charge >= 0.3 is 0 Å². The molecular weight excluding hydrogens is 246 g/mol. The van der Waals surface area contributed by atoms with Gasteiger partial charge in [0, 0.05) is 6.54 Å². The Morgan fingerprint density at radius 1 is 1.22 bits per heavy atom. The summed E-state index contributed by atoms with van der Waals surface area (Å²) in [6.07, 6.45) is 1.56. The van der Waals surface area contributed by atoms with E-state index in [1.165, 1.54) is 0 Å². The van der Waals surface area contributed by atoms with Gasteiger partial charge in [0.2, 0.25) is 0 Å². The van der Waals surface area contributed by atoms with Crippen LogP contribution in [0.25, 0.3) is 10.2 Å². The van der Waals surface area contributed by atoms with Crippen LogP contribution in [0.4, 0.5) is 5.82 Å². The molecule has 3 rings (SSSR count). The minimum Gasteiger partial charge on any atom is -0.508 e. The lowest BCUT2D eigenvalue weighted by Crippen LogP contribution is -2.01. The van der Waals surface area contributed by atoms with Crippen molar-refractivity contribution in [2.75, 3.05) is 5.32 Å². The lowest BCUT2D eigenvalue weighted by atomic mass is 10.2. The molecule has 3 aromatic rings. The second-order valence-electron chi connectivity index (χ2n) is 3.89. The molecule has 2 aromatic heterocycles. The lowest BCUT2D eigenvalue weighted by Gasteiger charge is -2.06. The quantitative estimate of drug-likeness (QED) is 0.757. The van der Waals surface area contributed by atoms with E-state index in [4.69, 9.17) is 0 Å². The van der Waals surface area contributed by atoms with Crippen LogP contribution in [-0.4, -0.2) is 15.1 Å². The minimum atomic E-state index is 0.276. The Hall–Kier alpha value is -2.14. The van der Waals surface area contributed by atoms with Crippen molar-refractivity contribution in [3.8, 4) is 5.75 Å². The Bertz CT molecular complexity index is 681. The summed E-state index contributed by atoms with van der Waals surface area (Å²) in [6.45, 7) is 0.621. The standard InChI is InChI=1S/C13H11N3OS/c17-10-3-1-2-9(6-10)7-14-12-11-4-5-18-13(11)16-8-15-12/h1-6,8,17H,7H2,(H,14,15,16). The van der Waals surface area contributed by atoms with Gasteiger partial charge in [-0.2, -0.15) is 0 Å². The summed E-state index contributed by atoms with van der Waals surface area (Å²) in [4.78, 5) is 9.41. The predicted octanol–water partition coefficient (Wildman–Crippen LogP) is 3.01. The molecule has 0 spiro atoms. The lowest BCUT2D eigenvalue weighted by molar-refractivity contribution is 0.474. The largest absolute Gasteiger partial charge is 0.508 e. The van der Waals surface area contributed by atoms with Crippen molar-refractivity contribution in [1.82, 2.24) is 9.97 Å². The predicted molar refractivity (Wildman–Crippen MR) is 72.8 cm³/mol. The molecular formula is C13H11N3OS. The molecule has 4 nitrogen and oxygen atoms in total. The maximum absolute atomic E-state index is 9.40. The first kappa shape index (κ1) is 11.0. The van der Waals surface area contributed by atoms with Crippen LogP contribution in [0.15, 0.2) is 42.0 Å². The van der Waals surface area contributed by atoms with E-state index in [2.05, 4.69) is 15.3 Å². The van der Waals surface area contributed by atoms with Gasteiger partial charge in [-0.15, -0.1) is 11.3 Å². The Kier molecular flexibility index (Phi) is 2.82. The molecule has 2 heterocycles. The highest BCUT2D eigenvalue weighted by Crippen LogP contribution is 2.24. The van der Waals surface area contributed by atoms with Gasteiger partial charge in [-0.05, 0) is 29.1 Å². The van der Waals surface area contributed by atoms with E-state index in [0.29, 0.717) is 6.54 Å². The summed E-state index contributed by atoms with van der Waals surface area (Å²) in [5.74, 6) is 1.10. The van der Waals surface area contributed by atoms with Crippen molar-refractivity contribution >= 4 is 27.4 Å². The fraction of sp³-hybridized carbons (Fsp3) is 0.0769. The summed E-state index contributed by atoms with van der Waals surface area (Å²) >= 11 is 1.59. The van der Waals surface area contributed by atoms with Gasteiger partial charge in [0.15, 0.2) is 0 Å². The molecule has 0 saturated heterocycles. The van der Waals surface area contributed by atoms with Gasteiger partial charge in [0.1, 0.15) is 22.7 Å². The van der Waals surface area contributed by atoms with Gasteiger partial charge in [-0.25, -0.2) is 9.97 Å². The molecule has 0 aliphatic rings. The zero-order chi connectivity index (χ0) is 12.4. The summed E-state index contributed by atoms with van der Waals surface area (Å²) in [6, 6.07) is 9.18. The summed E-state index contributed by atoms with van der Waals surface area (Å²) in [5, 5.41) is 15.7. The molecule has 18 heavy (non-hydrogen) atoms. The third kappa shape index (κ3) is 2.12. The number of phenolic OH excluding ortho intramolecular Hbond substituents is 1. The topological polar surface area (TPSA) is 58.0 Å². The van der Waals surface area contributed by atoms with E-state index in [0.717, 1.165) is 21.6 Å². The Balaban J connectivity index is 1.83. The highest BCUT2D eigenvalue weighted by Gasteiger charge is 2.04. The molecule has 0 amide bonds. The first-order valence-corrected chi connectivity index (χ1v) is 6.41. The molecule has 0 aliphatic heterocycles. The number of rotatable bonds is 3. The van der Waals surface area contributed by atoms with Crippen molar-refractivity contribution in [3.05, 3.63) is 47.6 Å². The number of anilines is 1. The van der Waals surface area contributed by atoms with Crippen LogP contribution >= 0.6 is 11.3 Å². The number of nitrogens with one attached hydrogen (secondary N) is 1. The van der Waals surface area contributed by atoms with E-state index in [1.54, 1.807) is 29.8 Å². The van der Waals surface area contributed by atoms with Crippen LogP contribution in [0.1, 0.15) is 5.56 Å². The number of nitrogens with zero attached hydrogens (tertiary/aromatic N) is 2. The molecule has 2 N–H and O–H groups in total. The zero-order valence-corrected chi connectivity index (χ0v) is 10.3. The van der Waals surface area contributed by atoms with E-state index >= 15 is 0 Å². The summed E-state index contributed by atoms with van der Waals surface area (Å²) in [5.41, 5.74) is 1.01. The monoisotopic (exact) mass is 257 g/mol. The number of benzene rings is 1. The Labute approximate surface area is 108 Å². The maximum Gasteiger partial charge on any atom is 0.138 e. The first-order chi connectivity index (χ1) is 8.83. The number of hydrogen-bond donors (Lipinski definition) is 2. The third-order valence-corrected chi connectivity index (χ3v) is 3.45. The Morgan fingerprint density at radius 2 is 2.17 bits per heavy atom. The van der Waals surface area contributed by atoms with E-state index in [-0.39, 0.29) is 5.75 Å². The average molecular weight is 257 g/mol. The average Bonchev–Trinajstić information content (AvgIpc) is 2.85. The SMILES string of the molecule is Oc1cccc(CNc2ncnc3sccc23)c1. The van der Waals surface area contributed by atoms with Crippen molar-refractivity contribution in [3.63, 3.8) is 0 Å². The molecule has 0 radical (unpaired) electrons. The molecule has 0 aliphatic carbocycles. The molecule has 0 atom stereocenters. The number of hydrogen-bond acceptors (Lipinski definition) is 5. The summed E-state index contributed by atoms with van der Waals surface area (Å²) in [7, 11) is 0. The second-order valence-corrected chi connectivity index (χ2v) is 4.78. The second kappa shape index (κ2) is 4.62. The number of thiophene rings is 1. The zero-order valence-electron chi connectivity index (χ0n) is 9.50. The van der Waals surface area contributed by atoms with Crippen molar-refractivity contribution < 1.29 is 5.11 Å². The molecule has 90 valence electrons. The number of aromatic hydroxyl groups is 1. The van der Waals surface area contributed by atoms with Gasteiger partial charge in [-0.3, -0.25) is 0 Å². The molecule has 0 unspecified atom stereocenters. The Morgan fingerprint density at radius 3 is 3.06 bits per heavy atom. The van der Waals surface area contributed by atoms with Gasteiger partial charge in [-0.1, -0.05) is 12.1 Å². The van der Waals surface area contributed by atoms with Gasteiger partial charge < -0.3 is 10.4 Å². The van der Waals surface area contributed by atoms with E-state index in [1.807, 2.05) is 23.6 Å². The van der Waals surface area contributed by atoms with Crippen LogP contribution in [0.5, 0.6) is 5.75 Å². The van der Waals surface area contributed by atoms with E-state index < -0.39 is 0 Å². The van der Waals surface area contributed by atoms with Crippen LogP contribution < -0.4 is 5.32 Å². The smallest absolute Gasteiger partial charge is 0.138 e. The van der Waals surface area contributed by atoms with Gasteiger partial charge in [0.05, 0.1) is 5.39 Å². The number of phenols is 1. The van der Waals surface area contributed by atoms with Crippen molar-refractivity contribution in [1.29, 1.82) is 0 Å². The maximum atomic E-state index is 9.40. The van der Waals surface area contributed by atoms with Gasteiger partial charge in [0.25, 0.3) is 0 Å². The van der Waals surface area contributed by atoms with Crippen LogP contribution in [0.2, 0.25) is 0 Å². The van der Waals surface area contributed by atoms with E-state index in [9.17, 15) is 5.11 Å². The fourth-order valence-electron chi connectivity index (χ4n) is 1.78. The number of aromatic nitrogens is 2. The molecule has 5 heteroatoms. The fourth-order valence-corrected chi connectivity index (χ4v) is 2.52. The molecule has 1 aromatic carbocycles. The highest BCUT2D eigenvalue weighted by molar-refractivity contribution is 7.16. The summed E-state index contributed by atoms with van der Waals surface area (Å²) < 4.78 is 0.